The molecule has 3 aromatic rings. The standard InChI is InChI=1S/C27H36N4O4/c1-6-24(25-28-23-11-8-7-10-21(23)26(32)31(25)15-17-35-5)30(14-9-16-34-4)27(33)29-22-13-12-19(2)18-20(22)3/h7-8,10-13,18,24H,6,9,14-17H2,1-5H3,(H,29,33). The van der Waals surface area contributed by atoms with Crippen molar-refractivity contribution in [3.05, 3.63) is 69.8 Å². The second-order valence-corrected chi connectivity index (χ2v) is 8.65. The summed E-state index contributed by atoms with van der Waals surface area (Å²) in [5, 5.41) is 3.62. The molecule has 0 radical (unpaired) electrons. The molecule has 8 nitrogen and oxygen atoms in total. The van der Waals surface area contributed by atoms with Crippen LogP contribution in [-0.4, -0.2) is 54.5 Å². The molecule has 0 saturated carbocycles. The summed E-state index contributed by atoms with van der Waals surface area (Å²) in [6.45, 7) is 7.68. The summed E-state index contributed by atoms with van der Waals surface area (Å²) in [7, 11) is 3.25. The highest BCUT2D eigenvalue weighted by Crippen LogP contribution is 2.26. The molecule has 35 heavy (non-hydrogen) atoms. The molecular weight excluding hydrogens is 444 g/mol. The Morgan fingerprint density at radius 2 is 1.86 bits per heavy atom. The largest absolute Gasteiger partial charge is 0.385 e. The van der Waals surface area contributed by atoms with Gasteiger partial charge >= 0.3 is 6.03 Å². The second kappa shape index (κ2) is 12.5. The van der Waals surface area contributed by atoms with Gasteiger partial charge in [0.25, 0.3) is 5.56 Å². The van der Waals surface area contributed by atoms with Crippen molar-refractivity contribution in [2.45, 2.75) is 46.2 Å². The summed E-state index contributed by atoms with van der Waals surface area (Å²) in [6, 6.07) is 12.6. The minimum absolute atomic E-state index is 0.132. The van der Waals surface area contributed by atoms with Crippen molar-refractivity contribution in [2.24, 2.45) is 0 Å². The Kier molecular flexibility index (Phi) is 9.39. The number of carbonyl (C=O) groups is 1. The van der Waals surface area contributed by atoms with Crippen molar-refractivity contribution < 1.29 is 14.3 Å². The fraction of sp³-hybridized carbons (Fsp3) is 0.444. The van der Waals surface area contributed by atoms with Gasteiger partial charge in [0.15, 0.2) is 0 Å². The number of hydrogen-bond acceptors (Lipinski definition) is 5. The van der Waals surface area contributed by atoms with Gasteiger partial charge < -0.3 is 19.7 Å². The Morgan fingerprint density at radius 1 is 1.11 bits per heavy atom. The molecule has 0 aliphatic heterocycles. The molecular formula is C27H36N4O4. The predicted molar refractivity (Wildman–Crippen MR) is 139 cm³/mol. The van der Waals surface area contributed by atoms with Crippen molar-refractivity contribution in [3.8, 4) is 0 Å². The Balaban J connectivity index is 2.07. The molecule has 0 spiro atoms. The van der Waals surface area contributed by atoms with E-state index in [-0.39, 0.29) is 11.6 Å². The Hall–Kier alpha value is -3.23. The van der Waals surface area contributed by atoms with E-state index < -0.39 is 6.04 Å². The Bertz CT molecular complexity index is 1210. The molecule has 8 heteroatoms. The van der Waals surface area contributed by atoms with Crippen LogP contribution in [0.5, 0.6) is 0 Å². The summed E-state index contributed by atoms with van der Waals surface area (Å²) in [6.07, 6.45) is 1.24. The molecule has 0 bridgehead atoms. The van der Waals surface area contributed by atoms with Crippen molar-refractivity contribution >= 4 is 22.6 Å². The molecule has 3 rings (SSSR count). The highest BCUT2D eigenvalue weighted by atomic mass is 16.5. The maximum absolute atomic E-state index is 13.6. The molecule has 1 aromatic heterocycles. The van der Waals surface area contributed by atoms with E-state index in [2.05, 4.69) is 5.32 Å². The average Bonchev–Trinajstić information content (AvgIpc) is 2.85. The van der Waals surface area contributed by atoms with Gasteiger partial charge in [-0.25, -0.2) is 9.78 Å². The van der Waals surface area contributed by atoms with E-state index >= 15 is 0 Å². The molecule has 0 aliphatic rings. The summed E-state index contributed by atoms with van der Waals surface area (Å²) in [5.74, 6) is 0.557. The first-order chi connectivity index (χ1) is 16.9. The monoisotopic (exact) mass is 480 g/mol. The maximum atomic E-state index is 13.6. The molecule has 0 fully saturated rings. The molecule has 1 N–H and O–H groups in total. The number of amides is 2. The van der Waals surface area contributed by atoms with Crippen LogP contribution >= 0.6 is 0 Å². The van der Waals surface area contributed by atoms with E-state index in [0.29, 0.717) is 55.9 Å². The zero-order chi connectivity index (χ0) is 25.4. The molecule has 1 atom stereocenters. The normalized spacial score (nSPS) is 12.0. The smallest absolute Gasteiger partial charge is 0.322 e. The third-order valence-electron chi connectivity index (χ3n) is 6.10. The Labute approximate surface area is 206 Å². The SMILES string of the molecule is CCC(c1nc2ccccc2c(=O)n1CCOC)N(CCCOC)C(=O)Nc1ccc(C)cc1C. The summed E-state index contributed by atoms with van der Waals surface area (Å²) in [4.78, 5) is 33.7. The van der Waals surface area contributed by atoms with Gasteiger partial charge in [0.2, 0.25) is 0 Å². The van der Waals surface area contributed by atoms with Crippen molar-refractivity contribution in [3.63, 3.8) is 0 Å². The fourth-order valence-corrected chi connectivity index (χ4v) is 4.30. The first kappa shape index (κ1) is 26.4. The number of aryl methyl sites for hydroxylation is 2. The van der Waals surface area contributed by atoms with E-state index in [1.54, 1.807) is 29.8 Å². The first-order valence-corrected chi connectivity index (χ1v) is 12.0. The van der Waals surface area contributed by atoms with Gasteiger partial charge in [0.1, 0.15) is 5.82 Å². The Morgan fingerprint density at radius 3 is 2.54 bits per heavy atom. The van der Waals surface area contributed by atoms with Crippen molar-refractivity contribution in [1.29, 1.82) is 0 Å². The van der Waals surface area contributed by atoms with Crippen LogP contribution in [0.2, 0.25) is 0 Å². The average molecular weight is 481 g/mol. The number of anilines is 1. The number of urea groups is 1. The van der Waals surface area contributed by atoms with Crippen LogP contribution in [0, 0.1) is 13.8 Å². The minimum atomic E-state index is -0.410. The summed E-state index contributed by atoms with van der Waals surface area (Å²) >= 11 is 0. The van der Waals surface area contributed by atoms with Crippen LogP contribution in [0.25, 0.3) is 10.9 Å². The number of ether oxygens (including phenoxy) is 2. The lowest BCUT2D eigenvalue weighted by Crippen LogP contribution is -2.42. The molecule has 1 unspecified atom stereocenters. The third-order valence-corrected chi connectivity index (χ3v) is 6.10. The molecule has 2 amide bonds. The van der Waals surface area contributed by atoms with Gasteiger partial charge in [-0.1, -0.05) is 36.8 Å². The van der Waals surface area contributed by atoms with Crippen LogP contribution in [0.1, 0.15) is 42.8 Å². The lowest BCUT2D eigenvalue weighted by molar-refractivity contribution is 0.150. The van der Waals surface area contributed by atoms with Gasteiger partial charge in [0, 0.05) is 33.1 Å². The quantitative estimate of drug-likeness (QED) is 0.403. The molecule has 2 aromatic carbocycles. The van der Waals surface area contributed by atoms with Crippen molar-refractivity contribution in [2.75, 3.05) is 39.3 Å². The van der Waals surface area contributed by atoms with Crippen molar-refractivity contribution in [1.82, 2.24) is 14.5 Å². The zero-order valence-electron chi connectivity index (χ0n) is 21.3. The van der Waals surface area contributed by atoms with Crippen LogP contribution in [0.15, 0.2) is 47.3 Å². The van der Waals surface area contributed by atoms with E-state index in [1.165, 1.54) is 0 Å². The number of fused-ring (bicyclic) bond motifs is 1. The number of methoxy groups -OCH3 is 2. The highest BCUT2D eigenvalue weighted by Gasteiger charge is 2.28. The second-order valence-electron chi connectivity index (χ2n) is 8.65. The lowest BCUT2D eigenvalue weighted by Gasteiger charge is -2.32. The zero-order valence-corrected chi connectivity index (χ0v) is 21.3. The van der Waals surface area contributed by atoms with E-state index in [1.807, 2.05) is 57.2 Å². The summed E-state index contributed by atoms with van der Waals surface area (Å²) < 4.78 is 12.2. The molecule has 0 saturated heterocycles. The van der Waals surface area contributed by atoms with Gasteiger partial charge in [-0.3, -0.25) is 9.36 Å². The number of para-hydroxylation sites is 1. The van der Waals surface area contributed by atoms with Gasteiger partial charge in [0.05, 0.1) is 30.1 Å². The van der Waals surface area contributed by atoms with Gasteiger partial charge in [-0.2, -0.15) is 0 Å². The highest BCUT2D eigenvalue weighted by molar-refractivity contribution is 5.90. The summed E-state index contributed by atoms with van der Waals surface area (Å²) in [5.41, 5.74) is 3.37. The maximum Gasteiger partial charge on any atom is 0.322 e. The number of benzene rings is 2. The number of nitrogens with one attached hydrogen (secondary N) is 1. The van der Waals surface area contributed by atoms with E-state index in [9.17, 15) is 9.59 Å². The molecule has 188 valence electrons. The number of rotatable bonds is 11. The number of aromatic nitrogens is 2. The van der Waals surface area contributed by atoms with E-state index in [4.69, 9.17) is 14.5 Å². The first-order valence-electron chi connectivity index (χ1n) is 12.0. The van der Waals surface area contributed by atoms with Crippen LogP contribution in [0.3, 0.4) is 0 Å². The topological polar surface area (TPSA) is 85.7 Å². The number of carbonyl (C=O) groups excluding carboxylic acids is 1. The fourth-order valence-electron chi connectivity index (χ4n) is 4.30. The predicted octanol–water partition coefficient (Wildman–Crippen LogP) is 4.68. The van der Waals surface area contributed by atoms with Gasteiger partial charge in [-0.15, -0.1) is 0 Å². The molecule has 0 aliphatic carbocycles. The minimum Gasteiger partial charge on any atom is -0.385 e. The van der Waals surface area contributed by atoms with Gasteiger partial charge in [-0.05, 0) is 50.5 Å². The third kappa shape index (κ3) is 6.26. The van der Waals surface area contributed by atoms with Crippen LogP contribution < -0.4 is 10.9 Å². The van der Waals surface area contributed by atoms with Crippen LogP contribution in [0.4, 0.5) is 10.5 Å². The van der Waals surface area contributed by atoms with Crippen LogP contribution in [-0.2, 0) is 16.0 Å². The number of nitrogens with zero attached hydrogens (tertiary/aromatic N) is 3. The lowest BCUT2D eigenvalue weighted by atomic mass is 10.1. The molecule has 1 heterocycles. The van der Waals surface area contributed by atoms with E-state index in [0.717, 1.165) is 16.8 Å². The number of hydrogen-bond donors (Lipinski definition) is 1.